The molecule has 66 valence electrons. The molecule has 0 heterocycles. The molecule has 0 aromatic carbocycles. The Labute approximate surface area is 73.2 Å². The van der Waals surface area contributed by atoms with Gasteiger partial charge in [-0.3, -0.25) is 0 Å². The fourth-order valence-electron chi connectivity index (χ4n) is 0.616. The molecule has 0 radical (unpaired) electrons. The number of carbonyl (C=O) groups excluding carboxylic acids is 1. The second-order valence-corrected chi connectivity index (χ2v) is 2.34. The molecule has 0 atom stereocenters. The Morgan fingerprint density at radius 1 is 1.58 bits per heavy atom. The van der Waals surface area contributed by atoms with Gasteiger partial charge in [-0.05, 0) is 19.9 Å². The summed E-state index contributed by atoms with van der Waals surface area (Å²) in [5.41, 5.74) is 1.25. The van der Waals surface area contributed by atoms with Crippen molar-refractivity contribution in [1.29, 1.82) is 0 Å². The summed E-state index contributed by atoms with van der Waals surface area (Å²) in [5.74, 6) is -0.376. The minimum absolute atomic E-state index is 0.356. The normalized spacial score (nSPS) is 10.7. The van der Waals surface area contributed by atoms with Crippen molar-refractivity contribution in [1.82, 2.24) is 0 Å². The van der Waals surface area contributed by atoms with E-state index in [9.17, 15) is 4.79 Å². The van der Waals surface area contributed by atoms with Gasteiger partial charge in [-0.25, -0.2) is 4.79 Å². The van der Waals surface area contributed by atoms with Crippen molar-refractivity contribution in [2.75, 3.05) is 6.61 Å². The SMILES string of the molecule is C=CC(C)=CC(=C)C(=O)OCC. The Bertz CT molecular complexity index is 224. The van der Waals surface area contributed by atoms with E-state index in [2.05, 4.69) is 13.2 Å². The van der Waals surface area contributed by atoms with Crippen molar-refractivity contribution in [3.8, 4) is 0 Å². The first-order valence-electron chi connectivity index (χ1n) is 3.78. The zero-order chi connectivity index (χ0) is 9.56. The van der Waals surface area contributed by atoms with Crippen LogP contribution in [0.15, 0.2) is 36.5 Å². The second-order valence-electron chi connectivity index (χ2n) is 2.34. The van der Waals surface area contributed by atoms with Crippen LogP contribution in [-0.2, 0) is 9.53 Å². The van der Waals surface area contributed by atoms with Crippen molar-refractivity contribution in [2.24, 2.45) is 0 Å². The summed E-state index contributed by atoms with van der Waals surface area (Å²) < 4.78 is 4.73. The standard InChI is InChI=1S/C10H14O2/c1-5-8(3)7-9(4)10(11)12-6-2/h5,7H,1,4,6H2,2-3H3. The van der Waals surface area contributed by atoms with E-state index in [1.165, 1.54) is 0 Å². The third kappa shape index (κ3) is 3.76. The van der Waals surface area contributed by atoms with Crippen molar-refractivity contribution in [2.45, 2.75) is 13.8 Å². The van der Waals surface area contributed by atoms with Crippen LogP contribution >= 0.6 is 0 Å². The number of rotatable bonds is 4. The Morgan fingerprint density at radius 3 is 2.58 bits per heavy atom. The summed E-state index contributed by atoms with van der Waals surface area (Å²) in [6, 6.07) is 0. The summed E-state index contributed by atoms with van der Waals surface area (Å²) in [7, 11) is 0. The molecule has 0 bridgehead atoms. The molecular formula is C10H14O2. The molecule has 0 aliphatic heterocycles. The monoisotopic (exact) mass is 166 g/mol. The van der Waals surface area contributed by atoms with E-state index >= 15 is 0 Å². The largest absolute Gasteiger partial charge is 0.462 e. The Balaban J connectivity index is 4.21. The van der Waals surface area contributed by atoms with E-state index in [4.69, 9.17) is 4.74 Å². The molecule has 2 heteroatoms. The van der Waals surface area contributed by atoms with Gasteiger partial charge in [0.25, 0.3) is 0 Å². The number of esters is 1. The zero-order valence-corrected chi connectivity index (χ0v) is 7.59. The summed E-state index contributed by atoms with van der Waals surface area (Å²) in [6.07, 6.45) is 3.30. The Kier molecular flexibility index (Phi) is 4.77. The van der Waals surface area contributed by atoms with E-state index in [1.54, 1.807) is 19.1 Å². The van der Waals surface area contributed by atoms with E-state index in [-0.39, 0.29) is 5.97 Å². The van der Waals surface area contributed by atoms with E-state index in [0.29, 0.717) is 12.2 Å². The number of carbonyl (C=O) groups is 1. The highest BCUT2D eigenvalue weighted by Crippen LogP contribution is 2.02. The highest BCUT2D eigenvalue weighted by atomic mass is 16.5. The van der Waals surface area contributed by atoms with Gasteiger partial charge in [0.1, 0.15) is 0 Å². The lowest BCUT2D eigenvalue weighted by molar-refractivity contribution is -0.138. The Morgan fingerprint density at radius 2 is 2.17 bits per heavy atom. The van der Waals surface area contributed by atoms with Crippen LogP contribution in [0.2, 0.25) is 0 Å². The smallest absolute Gasteiger partial charge is 0.337 e. The molecule has 0 amide bonds. The third-order valence-electron chi connectivity index (χ3n) is 1.26. The molecule has 0 saturated carbocycles. The van der Waals surface area contributed by atoms with Crippen molar-refractivity contribution < 1.29 is 9.53 Å². The van der Waals surface area contributed by atoms with Gasteiger partial charge < -0.3 is 4.74 Å². The van der Waals surface area contributed by atoms with Gasteiger partial charge in [0.2, 0.25) is 0 Å². The molecule has 0 rings (SSSR count). The number of hydrogen-bond donors (Lipinski definition) is 0. The minimum atomic E-state index is -0.376. The second kappa shape index (κ2) is 5.35. The lowest BCUT2D eigenvalue weighted by atomic mass is 10.2. The molecule has 12 heavy (non-hydrogen) atoms. The van der Waals surface area contributed by atoms with Crippen LogP contribution in [0, 0.1) is 0 Å². The van der Waals surface area contributed by atoms with Crippen molar-refractivity contribution in [3.63, 3.8) is 0 Å². The lowest BCUT2D eigenvalue weighted by Crippen LogP contribution is -2.04. The molecule has 0 aromatic rings. The van der Waals surface area contributed by atoms with E-state index < -0.39 is 0 Å². The van der Waals surface area contributed by atoms with Crippen LogP contribution in [0.1, 0.15) is 13.8 Å². The summed E-state index contributed by atoms with van der Waals surface area (Å²) in [6.45, 7) is 11.1. The predicted molar refractivity (Wildman–Crippen MR) is 49.7 cm³/mol. The third-order valence-corrected chi connectivity index (χ3v) is 1.26. The van der Waals surface area contributed by atoms with Gasteiger partial charge >= 0.3 is 5.97 Å². The summed E-state index contributed by atoms with van der Waals surface area (Å²) in [5, 5.41) is 0. The average Bonchev–Trinajstić information content (AvgIpc) is 2.04. The molecular weight excluding hydrogens is 152 g/mol. The van der Waals surface area contributed by atoms with Crippen molar-refractivity contribution in [3.05, 3.63) is 36.5 Å². The zero-order valence-electron chi connectivity index (χ0n) is 7.59. The van der Waals surface area contributed by atoms with Gasteiger partial charge in [-0.2, -0.15) is 0 Å². The van der Waals surface area contributed by atoms with Gasteiger partial charge in [-0.1, -0.05) is 24.8 Å². The van der Waals surface area contributed by atoms with Crippen molar-refractivity contribution >= 4 is 5.97 Å². The predicted octanol–water partition coefficient (Wildman–Crippen LogP) is 2.24. The maximum atomic E-state index is 11.0. The van der Waals surface area contributed by atoms with Gasteiger partial charge in [0.15, 0.2) is 0 Å². The van der Waals surface area contributed by atoms with E-state index in [1.807, 2.05) is 6.92 Å². The van der Waals surface area contributed by atoms with Gasteiger partial charge in [0.05, 0.1) is 12.2 Å². The average molecular weight is 166 g/mol. The fourth-order valence-corrected chi connectivity index (χ4v) is 0.616. The van der Waals surface area contributed by atoms with Crippen LogP contribution in [0.5, 0.6) is 0 Å². The van der Waals surface area contributed by atoms with Gasteiger partial charge in [-0.15, -0.1) is 0 Å². The van der Waals surface area contributed by atoms with Crippen LogP contribution in [0.3, 0.4) is 0 Å². The van der Waals surface area contributed by atoms with Gasteiger partial charge in [0, 0.05) is 0 Å². The fraction of sp³-hybridized carbons (Fsp3) is 0.300. The first kappa shape index (κ1) is 10.7. The molecule has 0 aromatic heterocycles. The molecule has 0 spiro atoms. The molecule has 0 unspecified atom stereocenters. The van der Waals surface area contributed by atoms with Crippen LogP contribution in [0.25, 0.3) is 0 Å². The highest BCUT2D eigenvalue weighted by molar-refractivity contribution is 5.91. The summed E-state index contributed by atoms with van der Waals surface area (Å²) in [4.78, 5) is 11.0. The first-order chi connectivity index (χ1) is 5.61. The quantitative estimate of drug-likeness (QED) is 0.363. The lowest BCUT2D eigenvalue weighted by Gasteiger charge is -2.00. The molecule has 0 N–H and O–H groups in total. The number of allylic oxidation sites excluding steroid dienone is 2. The molecule has 2 nitrogen and oxygen atoms in total. The number of ether oxygens (including phenoxy) is 1. The van der Waals surface area contributed by atoms with E-state index in [0.717, 1.165) is 5.57 Å². The topological polar surface area (TPSA) is 26.3 Å². The summed E-state index contributed by atoms with van der Waals surface area (Å²) >= 11 is 0. The molecule has 0 fully saturated rings. The highest BCUT2D eigenvalue weighted by Gasteiger charge is 2.03. The Hall–Kier alpha value is -1.31. The maximum Gasteiger partial charge on any atom is 0.337 e. The van der Waals surface area contributed by atoms with Crippen LogP contribution in [-0.4, -0.2) is 12.6 Å². The van der Waals surface area contributed by atoms with Crippen LogP contribution < -0.4 is 0 Å². The van der Waals surface area contributed by atoms with Crippen LogP contribution in [0.4, 0.5) is 0 Å². The molecule has 0 aliphatic rings. The number of hydrogen-bond acceptors (Lipinski definition) is 2. The maximum absolute atomic E-state index is 11.0. The minimum Gasteiger partial charge on any atom is -0.462 e. The molecule has 0 aliphatic carbocycles. The molecule has 0 saturated heterocycles. The first-order valence-corrected chi connectivity index (χ1v) is 3.78.